The van der Waals surface area contributed by atoms with Gasteiger partial charge in [-0.3, -0.25) is 4.68 Å². The number of rotatable bonds is 7. The van der Waals surface area contributed by atoms with Crippen molar-refractivity contribution in [2.45, 2.75) is 32.5 Å². The standard InChI is InChI=1S/C12H19N5O/c1-2-11(12-13-3-4-14-12)15-7-10-8-16-17(9-10)5-6-18/h3-4,8-9,11,15,18H,2,5-7H2,1H3,(H,13,14). The number of aromatic amines is 1. The van der Waals surface area contributed by atoms with E-state index in [4.69, 9.17) is 5.11 Å². The average Bonchev–Trinajstić information content (AvgIpc) is 3.02. The molecule has 1 unspecified atom stereocenters. The third kappa shape index (κ3) is 3.18. The highest BCUT2D eigenvalue weighted by atomic mass is 16.3. The molecule has 0 saturated carbocycles. The summed E-state index contributed by atoms with van der Waals surface area (Å²) in [4.78, 5) is 7.38. The van der Waals surface area contributed by atoms with Crippen LogP contribution in [0.25, 0.3) is 0 Å². The lowest BCUT2D eigenvalue weighted by molar-refractivity contribution is 0.269. The fourth-order valence-corrected chi connectivity index (χ4v) is 1.87. The number of aromatic nitrogens is 4. The SMILES string of the molecule is CCC(NCc1cnn(CCO)c1)c1ncc[nH]1. The van der Waals surface area contributed by atoms with Gasteiger partial charge < -0.3 is 15.4 Å². The van der Waals surface area contributed by atoms with Gasteiger partial charge in [0.25, 0.3) is 0 Å². The first-order chi connectivity index (χ1) is 8.83. The summed E-state index contributed by atoms with van der Waals surface area (Å²) in [6.45, 7) is 3.51. The monoisotopic (exact) mass is 249 g/mol. The topological polar surface area (TPSA) is 78.8 Å². The van der Waals surface area contributed by atoms with Crippen LogP contribution in [0, 0.1) is 0 Å². The fourth-order valence-electron chi connectivity index (χ4n) is 1.87. The molecule has 0 saturated heterocycles. The number of aliphatic hydroxyl groups is 1. The Hall–Kier alpha value is -1.66. The molecule has 0 spiro atoms. The molecule has 0 aliphatic rings. The van der Waals surface area contributed by atoms with Gasteiger partial charge in [-0.25, -0.2) is 4.98 Å². The number of hydrogen-bond donors (Lipinski definition) is 3. The van der Waals surface area contributed by atoms with Gasteiger partial charge in [-0.2, -0.15) is 5.10 Å². The molecule has 1 atom stereocenters. The predicted molar refractivity (Wildman–Crippen MR) is 67.8 cm³/mol. The van der Waals surface area contributed by atoms with Gasteiger partial charge in [0.1, 0.15) is 5.82 Å². The van der Waals surface area contributed by atoms with Crippen LogP contribution in [0.5, 0.6) is 0 Å². The number of H-pyrrole nitrogens is 1. The Morgan fingerprint density at radius 1 is 1.56 bits per heavy atom. The van der Waals surface area contributed by atoms with E-state index in [1.807, 2.05) is 18.6 Å². The normalized spacial score (nSPS) is 12.8. The molecule has 0 radical (unpaired) electrons. The third-order valence-corrected chi connectivity index (χ3v) is 2.83. The highest BCUT2D eigenvalue weighted by molar-refractivity contribution is 5.05. The van der Waals surface area contributed by atoms with Crippen LogP contribution in [0.15, 0.2) is 24.8 Å². The third-order valence-electron chi connectivity index (χ3n) is 2.83. The molecular formula is C12H19N5O. The lowest BCUT2D eigenvalue weighted by atomic mass is 10.2. The van der Waals surface area contributed by atoms with Crippen LogP contribution in [0.2, 0.25) is 0 Å². The summed E-state index contributed by atoms with van der Waals surface area (Å²) in [7, 11) is 0. The van der Waals surface area contributed by atoms with Crippen molar-refractivity contribution < 1.29 is 5.11 Å². The summed E-state index contributed by atoms with van der Waals surface area (Å²) in [5, 5.41) is 16.4. The van der Waals surface area contributed by atoms with Crippen LogP contribution in [-0.2, 0) is 13.1 Å². The Balaban J connectivity index is 1.89. The van der Waals surface area contributed by atoms with Gasteiger partial charge in [-0.05, 0) is 6.42 Å². The second-order valence-corrected chi connectivity index (χ2v) is 4.15. The maximum Gasteiger partial charge on any atom is 0.123 e. The van der Waals surface area contributed by atoms with Crippen molar-refractivity contribution in [3.05, 3.63) is 36.2 Å². The Kier molecular flexibility index (Phi) is 4.49. The van der Waals surface area contributed by atoms with Crippen molar-refractivity contribution in [3.63, 3.8) is 0 Å². The molecule has 0 aliphatic carbocycles. The maximum absolute atomic E-state index is 8.82. The maximum atomic E-state index is 8.82. The minimum atomic E-state index is 0.110. The van der Waals surface area contributed by atoms with Crippen molar-refractivity contribution in [1.82, 2.24) is 25.1 Å². The van der Waals surface area contributed by atoms with Gasteiger partial charge in [0.15, 0.2) is 0 Å². The van der Waals surface area contributed by atoms with Crippen LogP contribution >= 0.6 is 0 Å². The van der Waals surface area contributed by atoms with E-state index in [2.05, 4.69) is 27.3 Å². The molecule has 0 amide bonds. The van der Waals surface area contributed by atoms with Gasteiger partial charge in [-0.1, -0.05) is 6.92 Å². The Labute approximate surface area is 106 Å². The van der Waals surface area contributed by atoms with Crippen LogP contribution in [0.1, 0.15) is 30.8 Å². The molecule has 6 nitrogen and oxygen atoms in total. The van der Waals surface area contributed by atoms with Gasteiger partial charge >= 0.3 is 0 Å². The highest BCUT2D eigenvalue weighted by Gasteiger charge is 2.11. The molecule has 6 heteroatoms. The van der Waals surface area contributed by atoms with Crippen LogP contribution < -0.4 is 5.32 Å². The van der Waals surface area contributed by atoms with Gasteiger partial charge in [-0.15, -0.1) is 0 Å². The average molecular weight is 249 g/mol. The molecule has 2 aromatic heterocycles. The second kappa shape index (κ2) is 6.32. The summed E-state index contributed by atoms with van der Waals surface area (Å²) in [5.41, 5.74) is 1.11. The van der Waals surface area contributed by atoms with E-state index in [0.717, 1.165) is 24.4 Å². The summed E-state index contributed by atoms with van der Waals surface area (Å²) in [6.07, 6.45) is 8.33. The van der Waals surface area contributed by atoms with Crippen molar-refractivity contribution in [1.29, 1.82) is 0 Å². The van der Waals surface area contributed by atoms with Crippen molar-refractivity contribution >= 4 is 0 Å². The van der Waals surface area contributed by atoms with E-state index in [9.17, 15) is 0 Å². The molecule has 98 valence electrons. The van der Waals surface area contributed by atoms with Crippen LogP contribution in [-0.4, -0.2) is 31.5 Å². The van der Waals surface area contributed by atoms with Gasteiger partial charge in [0, 0.05) is 30.7 Å². The summed E-state index contributed by atoms with van der Waals surface area (Å²) < 4.78 is 1.74. The van der Waals surface area contributed by atoms with Gasteiger partial charge in [0.05, 0.1) is 25.4 Å². The number of aliphatic hydroxyl groups excluding tert-OH is 1. The molecule has 0 aromatic carbocycles. The zero-order valence-electron chi connectivity index (χ0n) is 10.5. The minimum Gasteiger partial charge on any atom is -0.394 e. The molecule has 0 aliphatic heterocycles. The van der Waals surface area contributed by atoms with Crippen molar-refractivity contribution in [3.8, 4) is 0 Å². The zero-order chi connectivity index (χ0) is 12.8. The first-order valence-corrected chi connectivity index (χ1v) is 6.18. The highest BCUT2D eigenvalue weighted by Crippen LogP contribution is 2.12. The lowest BCUT2D eigenvalue weighted by Gasteiger charge is -2.13. The second-order valence-electron chi connectivity index (χ2n) is 4.15. The summed E-state index contributed by atoms with van der Waals surface area (Å²) in [6, 6.07) is 0.223. The van der Waals surface area contributed by atoms with Gasteiger partial charge in [0.2, 0.25) is 0 Å². The Morgan fingerprint density at radius 3 is 3.11 bits per heavy atom. The molecule has 3 N–H and O–H groups in total. The Morgan fingerprint density at radius 2 is 2.44 bits per heavy atom. The van der Waals surface area contributed by atoms with E-state index >= 15 is 0 Å². The number of nitrogens with one attached hydrogen (secondary N) is 2. The number of nitrogens with zero attached hydrogens (tertiary/aromatic N) is 3. The predicted octanol–water partition coefficient (Wildman–Crippen LogP) is 0.839. The van der Waals surface area contributed by atoms with Crippen LogP contribution in [0.3, 0.4) is 0 Å². The van der Waals surface area contributed by atoms with E-state index in [1.54, 1.807) is 10.9 Å². The number of imidazole rings is 1. The smallest absolute Gasteiger partial charge is 0.123 e. The van der Waals surface area contributed by atoms with E-state index in [1.165, 1.54) is 0 Å². The van der Waals surface area contributed by atoms with E-state index in [0.29, 0.717) is 6.54 Å². The molecule has 18 heavy (non-hydrogen) atoms. The lowest BCUT2D eigenvalue weighted by Crippen LogP contribution is -2.21. The van der Waals surface area contributed by atoms with E-state index in [-0.39, 0.29) is 12.6 Å². The quantitative estimate of drug-likeness (QED) is 0.679. The van der Waals surface area contributed by atoms with Crippen molar-refractivity contribution in [2.75, 3.05) is 6.61 Å². The molecule has 2 rings (SSSR count). The molecular weight excluding hydrogens is 230 g/mol. The Bertz CT molecular complexity index is 451. The fraction of sp³-hybridized carbons (Fsp3) is 0.500. The van der Waals surface area contributed by atoms with Crippen LogP contribution in [0.4, 0.5) is 0 Å². The summed E-state index contributed by atoms with van der Waals surface area (Å²) in [5.74, 6) is 0.959. The molecule has 2 aromatic rings. The summed E-state index contributed by atoms with van der Waals surface area (Å²) >= 11 is 0. The number of hydrogen-bond acceptors (Lipinski definition) is 4. The largest absolute Gasteiger partial charge is 0.394 e. The molecule has 2 heterocycles. The molecule has 0 bridgehead atoms. The van der Waals surface area contributed by atoms with Crippen molar-refractivity contribution in [2.24, 2.45) is 0 Å². The minimum absolute atomic E-state index is 0.110. The van der Waals surface area contributed by atoms with E-state index < -0.39 is 0 Å². The first kappa shape index (κ1) is 12.8. The first-order valence-electron chi connectivity index (χ1n) is 6.18. The molecule has 0 fully saturated rings. The zero-order valence-corrected chi connectivity index (χ0v) is 10.5.